The predicted octanol–water partition coefficient (Wildman–Crippen LogP) is 1.88. The highest BCUT2D eigenvalue weighted by atomic mass is 16.5. The second-order valence-electron chi connectivity index (χ2n) is 4.96. The number of amides is 1. The predicted molar refractivity (Wildman–Crippen MR) is 74.1 cm³/mol. The zero-order valence-electron chi connectivity index (χ0n) is 11.7. The minimum absolute atomic E-state index is 0.0837. The van der Waals surface area contributed by atoms with Crippen LogP contribution >= 0.6 is 0 Å². The normalized spacial score (nSPS) is 18.2. The number of nitrogens with one attached hydrogen (secondary N) is 2. The molecule has 5 heteroatoms. The first-order chi connectivity index (χ1) is 9.06. The molecule has 0 spiro atoms. The van der Waals surface area contributed by atoms with E-state index in [0.29, 0.717) is 29.5 Å². The maximum absolute atomic E-state index is 12.2. The molecule has 2 rings (SSSR count). The number of benzene rings is 1. The number of fused-ring (bicyclic) bond motifs is 1. The van der Waals surface area contributed by atoms with Gasteiger partial charge < -0.3 is 20.1 Å². The number of ether oxygens (including phenoxy) is 2. The number of methoxy groups -OCH3 is 2. The molecular formula is C14H20N2O3. The number of rotatable bonds is 3. The van der Waals surface area contributed by atoms with E-state index in [-0.39, 0.29) is 11.9 Å². The maximum atomic E-state index is 12.2. The molecule has 1 heterocycles. The van der Waals surface area contributed by atoms with Crippen LogP contribution in [0, 0.1) is 5.92 Å². The molecule has 0 saturated heterocycles. The second kappa shape index (κ2) is 5.38. The van der Waals surface area contributed by atoms with E-state index in [4.69, 9.17) is 9.47 Å². The Bertz CT molecular complexity index is 486. The Morgan fingerprint density at radius 2 is 1.84 bits per heavy atom. The zero-order chi connectivity index (χ0) is 14.0. The van der Waals surface area contributed by atoms with Crippen molar-refractivity contribution < 1.29 is 14.3 Å². The third-order valence-electron chi connectivity index (χ3n) is 3.40. The summed E-state index contributed by atoms with van der Waals surface area (Å²) in [5, 5.41) is 6.32. The van der Waals surface area contributed by atoms with E-state index in [1.54, 1.807) is 26.4 Å². The number of anilines is 1. The fourth-order valence-electron chi connectivity index (χ4n) is 2.13. The van der Waals surface area contributed by atoms with Gasteiger partial charge in [-0.3, -0.25) is 4.79 Å². The van der Waals surface area contributed by atoms with Crippen LogP contribution in [0.5, 0.6) is 11.5 Å². The fraction of sp³-hybridized carbons (Fsp3) is 0.500. The Hall–Kier alpha value is -1.91. The largest absolute Gasteiger partial charge is 0.493 e. The average molecular weight is 264 g/mol. The first-order valence-corrected chi connectivity index (χ1v) is 6.37. The van der Waals surface area contributed by atoms with Crippen LogP contribution in [0.1, 0.15) is 24.2 Å². The van der Waals surface area contributed by atoms with Crippen LogP contribution in [0.4, 0.5) is 5.69 Å². The molecule has 1 aliphatic rings. The van der Waals surface area contributed by atoms with Gasteiger partial charge in [0.15, 0.2) is 11.5 Å². The average Bonchev–Trinajstić information content (AvgIpc) is 2.56. The molecule has 1 atom stereocenters. The van der Waals surface area contributed by atoms with E-state index >= 15 is 0 Å². The SMILES string of the molecule is COc1cc2c(cc1OC)C(=O)NC(C(C)C)CN2. The van der Waals surface area contributed by atoms with E-state index in [1.807, 2.05) is 0 Å². The quantitative estimate of drug-likeness (QED) is 0.875. The Kier molecular flexibility index (Phi) is 3.83. The Morgan fingerprint density at radius 1 is 1.21 bits per heavy atom. The van der Waals surface area contributed by atoms with E-state index in [9.17, 15) is 4.79 Å². The van der Waals surface area contributed by atoms with Gasteiger partial charge in [0.25, 0.3) is 5.91 Å². The number of carbonyl (C=O) groups excluding carboxylic acids is 1. The summed E-state index contributed by atoms with van der Waals surface area (Å²) in [6.45, 7) is 4.87. The highest BCUT2D eigenvalue weighted by molar-refractivity contribution is 6.01. The third kappa shape index (κ3) is 2.59. The van der Waals surface area contributed by atoms with E-state index in [2.05, 4.69) is 24.5 Å². The van der Waals surface area contributed by atoms with E-state index in [1.165, 1.54) is 0 Å². The molecule has 0 bridgehead atoms. The van der Waals surface area contributed by atoms with Crippen LogP contribution in [0.3, 0.4) is 0 Å². The first-order valence-electron chi connectivity index (χ1n) is 6.37. The summed E-state index contributed by atoms with van der Waals surface area (Å²) in [7, 11) is 3.14. The highest BCUT2D eigenvalue weighted by Crippen LogP contribution is 2.34. The number of hydrogen-bond acceptors (Lipinski definition) is 4. The van der Waals surface area contributed by atoms with Crippen LogP contribution in [0.25, 0.3) is 0 Å². The number of carbonyl (C=O) groups is 1. The molecule has 1 aliphatic heterocycles. The van der Waals surface area contributed by atoms with Gasteiger partial charge >= 0.3 is 0 Å². The lowest BCUT2D eigenvalue weighted by Crippen LogP contribution is -2.40. The van der Waals surface area contributed by atoms with Crippen LogP contribution < -0.4 is 20.1 Å². The molecule has 19 heavy (non-hydrogen) atoms. The molecule has 1 unspecified atom stereocenters. The summed E-state index contributed by atoms with van der Waals surface area (Å²) >= 11 is 0. The van der Waals surface area contributed by atoms with Gasteiger partial charge in [0.2, 0.25) is 0 Å². The van der Waals surface area contributed by atoms with Gasteiger partial charge in [-0.15, -0.1) is 0 Å². The molecule has 0 aromatic heterocycles. The van der Waals surface area contributed by atoms with Gasteiger partial charge in [-0.05, 0) is 12.0 Å². The summed E-state index contributed by atoms with van der Waals surface area (Å²) in [6, 6.07) is 3.62. The van der Waals surface area contributed by atoms with Gasteiger partial charge in [0.1, 0.15) is 0 Å². The molecule has 0 saturated carbocycles. The van der Waals surface area contributed by atoms with Crippen molar-refractivity contribution in [3.8, 4) is 11.5 Å². The summed E-state index contributed by atoms with van der Waals surface area (Å²) in [4.78, 5) is 12.2. The van der Waals surface area contributed by atoms with Crippen LogP contribution in [0.15, 0.2) is 12.1 Å². The standard InChI is InChI=1S/C14H20N2O3/c1-8(2)11-7-15-10-6-13(19-4)12(18-3)5-9(10)14(17)16-11/h5-6,8,11,15H,7H2,1-4H3,(H,16,17). The Labute approximate surface area is 113 Å². The summed E-state index contributed by atoms with van der Waals surface area (Å²) in [5.41, 5.74) is 1.36. The first kappa shape index (κ1) is 13.5. The van der Waals surface area contributed by atoms with Gasteiger partial charge in [-0.1, -0.05) is 13.8 Å². The highest BCUT2D eigenvalue weighted by Gasteiger charge is 2.25. The molecule has 0 fully saturated rings. The van der Waals surface area contributed by atoms with Crippen molar-refractivity contribution in [3.05, 3.63) is 17.7 Å². The van der Waals surface area contributed by atoms with Crippen LogP contribution in [-0.2, 0) is 0 Å². The summed E-state index contributed by atoms with van der Waals surface area (Å²) in [6.07, 6.45) is 0. The summed E-state index contributed by atoms with van der Waals surface area (Å²) < 4.78 is 10.5. The van der Waals surface area contributed by atoms with Crippen LogP contribution in [-0.4, -0.2) is 32.7 Å². The van der Waals surface area contributed by atoms with Crippen molar-refractivity contribution in [1.29, 1.82) is 0 Å². The molecule has 0 aliphatic carbocycles. The third-order valence-corrected chi connectivity index (χ3v) is 3.40. The molecule has 1 aromatic carbocycles. The lowest BCUT2D eigenvalue weighted by Gasteiger charge is -2.19. The molecule has 0 radical (unpaired) electrons. The number of hydrogen-bond donors (Lipinski definition) is 2. The molecule has 5 nitrogen and oxygen atoms in total. The van der Waals surface area contributed by atoms with Gasteiger partial charge in [-0.25, -0.2) is 0 Å². The molecule has 104 valence electrons. The fourth-order valence-corrected chi connectivity index (χ4v) is 2.13. The van der Waals surface area contributed by atoms with Gasteiger partial charge in [0.05, 0.1) is 25.5 Å². The minimum atomic E-state index is -0.0837. The lowest BCUT2D eigenvalue weighted by molar-refractivity contribution is 0.0932. The molecule has 2 N–H and O–H groups in total. The topological polar surface area (TPSA) is 59.6 Å². The van der Waals surface area contributed by atoms with E-state index in [0.717, 1.165) is 5.69 Å². The molecule has 1 amide bonds. The minimum Gasteiger partial charge on any atom is -0.493 e. The molecular weight excluding hydrogens is 244 g/mol. The summed E-state index contributed by atoms with van der Waals surface area (Å²) in [5.74, 6) is 1.46. The van der Waals surface area contributed by atoms with Crippen molar-refractivity contribution in [3.63, 3.8) is 0 Å². The van der Waals surface area contributed by atoms with Crippen molar-refractivity contribution in [1.82, 2.24) is 5.32 Å². The zero-order valence-corrected chi connectivity index (χ0v) is 11.7. The van der Waals surface area contributed by atoms with Crippen LogP contribution in [0.2, 0.25) is 0 Å². The second-order valence-corrected chi connectivity index (χ2v) is 4.96. The van der Waals surface area contributed by atoms with Crippen molar-refractivity contribution >= 4 is 11.6 Å². The van der Waals surface area contributed by atoms with Crippen molar-refractivity contribution in [2.24, 2.45) is 5.92 Å². The Balaban J connectivity index is 2.40. The monoisotopic (exact) mass is 264 g/mol. The maximum Gasteiger partial charge on any atom is 0.253 e. The smallest absolute Gasteiger partial charge is 0.253 e. The lowest BCUT2D eigenvalue weighted by atomic mass is 10.0. The van der Waals surface area contributed by atoms with Gasteiger partial charge in [0, 0.05) is 18.7 Å². The van der Waals surface area contributed by atoms with E-state index < -0.39 is 0 Å². The van der Waals surface area contributed by atoms with Crippen molar-refractivity contribution in [2.45, 2.75) is 19.9 Å². The molecule has 1 aromatic rings. The Morgan fingerprint density at radius 3 is 2.42 bits per heavy atom. The van der Waals surface area contributed by atoms with Crippen molar-refractivity contribution in [2.75, 3.05) is 26.1 Å². The van der Waals surface area contributed by atoms with Gasteiger partial charge in [-0.2, -0.15) is 0 Å².